The third kappa shape index (κ3) is 3.33. The summed E-state index contributed by atoms with van der Waals surface area (Å²) in [4.78, 5) is 19.0. The van der Waals surface area contributed by atoms with E-state index < -0.39 is 0 Å². The monoisotopic (exact) mass is 466 g/mol. The number of aromatic nitrogens is 2. The molecule has 1 N–H and O–H groups in total. The van der Waals surface area contributed by atoms with Crippen molar-refractivity contribution in [3.8, 4) is 5.69 Å². The summed E-state index contributed by atoms with van der Waals surface area (Å²) in [6, 6.07) is 29.6. The summed E-state index contributed by atoms with van der Waals surface area (Å²) in [6.07, 6.45) is 0.646. The number of fused-ring (bicyclic) bond motifs is 3. The van der Waals surface area contributed by atoms with Crippen LogP contribution in [0.4, 0.5) is 11.4 Å². The molecule has 0 saturated heterocycles. The lowest BCUT2D eigenvalue weighted by atomic mass is 10.0. The number of benzene rings is 3. The van der Waals surface area contributed by atoms with E-state index in [4.69, 9.17) is 17.3 Å². The number of para-hydroxylation sites is 2. The standard InChI is InChI=1S/C26H18N4OS2/c31-25-22-23-21(33-24(22)27-26(32)29(25)18-12-6-2-7-13-18)16-20(17-10-4-1-5-11-17)28-30(23)19-14-8-3-9-15-19/h1-15H,16H2,(H,27,32). The lowest BCUT2D eigenvalue weighted by molar-refractivity contribution is 0.940. The maximum Gasteiger partial charge on any atom is 0.269 e. The fourth-order valence-corrected chi connectivity index (χ4v) is 5.70. The number of hydrazone groups is 1. The largest absolute Gasteiger partial charge is 0.323 e. The summed E-state index contributed by atoms with van der Waals surface area (Å²) in [7, 11) is 0. The molecular formula is C26H18N4OS2. The summed E-state index contributed by atoms with van der Waals surface area (Å²) in [6.45, 7) is 0. The van der Waals surface area contributed by atoms with Crippen LogP contribution >= 0.6 is 23.6 Å². The van der Waals surface area contributed by atoms with Crippen LogP contribution in [-0.2, 0) is 6.42 Å². The Balaban J connectivity index is 1.64. The summed E-state index contributed by atoms with van der Waals surface area (Å²) in [5.41, 5.74) is 4.34. The van der Waals surface area contributed by atoms with Gasteiger partial charge in [-0.25, -0.2) is 5.01 Å². The molecule has 0 unspecified atom stereocenters. The molecule has 1 aliphatic heterocycles. The summed E-state index contributed by atoms with van der Waals surface area (Å²) in [5, 5.41) is 7.52. The normalized spacial score (nSPS) is 13.1. The number of nitrogens with zero attached hydrogens (tertiary/aromatic N) is 3. The molecule has 0 bridgehead atoms. The van der Waals surface area contributed by atoms with Crippen molar-refractivity contribution in [3.63, 3.8) is 0 Å². The maximum absolute atomic E-state index is 13.8. The molecule has 3 heterocycles. The maximum atomic E-state index is 13.8. The second kappa shape index (κ2) is 7.95. The lowest BCUT2D eigenvalue weighted by Gasteiger charge is -2.26. The first-order chi connectivity index (χ1) is 16.2. The van der Waals surface area contributed by atoms with Crippen LogP contribution in [0, 0.1) is 4.77 Å². The number of aromatic amines is 1. The fourth-order valence-electron chi connectivity index (χ4n) is 4.17. The van der Waals surface area contributed by atoms with Crippen LogP contribution in [0.25, 0.3) is 15.9 Å². The lowest BCUT2D eigenvalue weighted by Crippen LogP contribution is -2.25. The van der Waals surface area contributed by atoms with Gasteiger partial charge >= 0.3 is 0 Å². The molecule has 0 amide bonds. The van der Waals surface area contributed by atoms with Gasteiger partial charge in [0.15, 0.2) is 4.77 Å². The molecule has 1 aliphatic rings. The van der Waals surface area contributed by atoms with Crippen LogP contribution in [0.15, 0.2) is 101 Å². The number of hydrogen-bond acceptors (Lipinski definition) is 5. The highest BCUT2D eigenvalue weighted by Gasteiger charge is 2.29. The third-order valence-corrected chi connectivity index (χ3v) is 7.06. The molecule has 160 valence electrons. The smallest absolute Gasteiger partial charge is 0.269 e. The highest BCUT2D eigenvalue weighted by atomic mass is 32.1. The summed E-state index contributed by atoms with van der Waals surface area (Å²) < 4.78 is 1.94. The second-order valence-electron chi connectivity index (χ2n) is 7.72. The first kappa shape index (κ1) is 19.8. The fraction of sp³-hybridized carbons (Fsp3) is 0.0385. The van der Waals surface area contributed by atoms with E-state index in [1.807, 2.05) is 83.9 Å². The topological polar surface area (TPSA) is 53.4 Å². The van der Waals surface area contributed by atoms with Crippen LogP contribution in [0.1, 0.15) is 10.4 Å². The molecule has 0 saturated carbocycles. The van der Waals surface area contributed by atoms with Crippen molar-refractivity contribution < 1.29 is 0 Å². The second-order valence-corrected chi connectivity index (χ2v) is 9.21. The zero-order valence-corrected chi connectivity index (χ0v) is 19.1. The highest BCUT2D eigenvalue weighted by Crippen LogP contribution is 2.42. The Morgan fingerprint density at radius 3 is 2.12 bits per heavy atom. The number of anilines is 2. The summed E-state index contributed by atoms with van der Waals surface area (Å²) >= 11 is 7.15. The Hall–Kier alpha value is -3.81. The van der Waals surface area contributed by atoms with Gasteiger partial charge in [0.2, 0.25) is 0 Å². The Kier molecular flexibility index (Phi) is 4.78. The Bertz CT molecular complexity index is 1620. The molecule has 33 heavy (non-hydrogen) atoms. The van der Waals surface area contributed by atoms with Crippen LogP contribution in [0.3, 0.4) is 0 Å². The molecule has 7 heteroatoms. The summed E-state index contributed by atoms with van der Waals surface area (Å²) in [5.74, 6) is 0. The molecule has 0 aliphatic carbocycles. The SMILES string of the molecule is O=c1c2c3c(sc2[nH]c(=S)n1-c1ccccc1)CC(c1ccccc1)=NN3c1ccccc1. The van der Waals surface area contributed by atoms with Crippen molar-refractivity contribution in [2.75, 3.05) is 5.01 Å². The molecule has 0 fully saturated rings. The van der Waals surface area contributed by atoms with Crippen molar-refractivity contribution in [2.45, 2.75) is 6.42 Å². The van der Waals surface area contributed by atoms with Crippen molar-refractivity contribution >= 4 is 50.9 Å². The van der Waals surface area contributed by atoms with E-state index in [0.717, 1.165) is 38.0 Å². The van der Waals surface area contributed by atoms with Gasteiger partial charge in [0.25, 0.3) is 5.56 Å². The molecule has 0 spiro atoms. The van der Waals surface area contributed by atoms with E-state index in [9.17, 15) is 4.79 Å². The van der Waals surface area contributed by atoms with Crippen LogP contribution < -0.4 is 10.6 Å². The van der Waals surface area contributed by atoms with Crippen molar-refractivity contribution in [1.29, 1.82) is 0 Å². The van der Waals surface area contributed by atoms with Crippen molar-refractivity contribution in [2.24, 2.45) is 5.10 Å². The first-order valence-corrected chi connectivity index (χ1v) is 11.8. The van der Waals surface area contributed by atoms with E-state index in [-0.39, 0.29) is 5.56 Å². The predicted molar refractivity (Wildman–Crippen MR) is 138 cm³/mol. The van der Waals surface area contributed by atoms with Gasteiger partial charge < -0.3 is 4.98 Å². The van der Waals surface area contributed by atoms with Gasteiger partial charge in [0, 0.05) is 11.3 Å². The van der Waals surface area contributed by atoms with E-state index in [1.165, 1.54) is 0 Å². The van der Waals surface area contributed by atoms with Crippen molar-refractivity contribution in [1.82, 2.24) is 9.55 Å². The zero-order chi connectivity index (χ0) is 22.4. The van der Waals surface area contributed by atoms with Gasteiger partial charge in [-0.1, -0.05) is 66.7 Å². The molecule has 5 aromatic rings. The zero-order valence-electron chi connectivity index (χ0n) is 17.4. The Morgan fingerprint density at radius 2 is 1.45 bits per heavy atom. The molecular weight excluding hydrogens is 448 g/mol. The average molecular weight is 467 g/mol. The minimum Gasteiger partial charge on any atom is -0.323 e. The Labute approximate surface area is 198 Å². The van der Waals surface area contributed by atoms with Gasteiger partial charge in [-0.05, 0) is 42.0 Å². The van der Waals surface area contributed by atoms with E-state index in [1.54, 1.807) is 15.9 Å². The minimum absolute atomic E-state index is 0.142. The quantitative estimate of drug-likeness (QED) is 0.322. The van der Waals surface area contributed by atoms with E-state index in [0.29, 0.717) is 16.6 Å². The number of thiophene rings is 1. The number of nitrogens with one attached hydrogen (secondary N) is 1. The minimum atomic E-state index is -0.142. The van der Waals surface area contributed by atoms with Gasteiger partial charge in [-0.2, -0.15) is 5.10 Å². The molecule has 2 aromatic heterocycles. The van der Waals surface area contributed by atoms with Crippen LogP contribution in [-0.4, -0.2) is 15.3 Å². The van der Waals surface area contributed by atoms with Crippen molar-refractivity contribution in [3.05, 3.63) is 117 Å². The molecule has 6 rings (SSSR count). The van der Waals surface area contributed by atoms with Gasteiger partial charge in [-0.15, -0.1) is 11.3 Å². The molecule has 0 atom stereocenters. The number of H-pyrrole nitrogens is 1. The van der Waals surface area contributed by atoms with Gasteiger partial charge in [-0.3, -0.25) is 9.36 Å². The van der Waals surface area contributed by atoms with Crippen LogP contribution in [0.5, 0.6) is 0 Å². The molecule has 0 radical (unpaired) electrons. The molecule has 3 aromatic carbocycles. The van der Waals surface area contributed by atoms with E-state index >= 15 is 0 Å². The number of hydrogen-bond donors (Lipinski definition) is 1. The Morgan fingerprint density at radius 1 is 0.848 bits per heavy atom. The van der Waals surface area contributed by atoms with E-state index in [2.05, 4.69) is 17.1 Å². The molecule has 5 nitrogen and oxygen atoms in total. The van der Waals surface area contributed by atoms with Crippen LogP contribution in [0.2, 0.25) is 0 Å². The van der Waals surface area contributed by atoms with Gasteiger partial charge in [0.05, 0.1) is 22.8 Å². The third-order valence-electron chi connectivity index (χ3n) is 5.68. The van der Waals surface area contributed by atoms with Gasteiger partial charge in [0.1, 0.15) is 10.2 Å². The number of rotatable bonds is 3. The average Bonchev–Trinajstić information content (AvgIpc) is 3.23. The predicted octanol–water partition coefficient (Wildman–Crippen LogP) is 6.21. The first-order valence-electron chi connectivity index (χ1n) is 10.5. The highest BCUT2D eigenvalue weighted by molar-refractivity contribution is 7.71.